The van der Waals surface area contributed by atoms with Crippen molar-refractivity contribution >= 4 is 11.6 Å². The van der Waals surface area contributed by atoms with E-state index in [1.165, 1.54) is 0 Å². The van der Waals surface area contributed by atoms with E-state index in [2.05, 4.69) is 9.97 Å². The van der Waals surface area contributed by atoms with Crippen molar-refractivity contribution < 1.29 is 0 Å². The van der Waals surface area contributed by atoms with Crippen molar-refractivity contribution in [3.63, 3.8) is 0 Å². The minimum Gasteiger partial charge on any atom is -0.330 e. The third-order valence-corrected chi connectivity index (χ3v) is 2.11. The summed E-state index contributed by atoms with van der Waals surface area (Å²) in [6.45, 7) is 4.65. The largest absolute Gasteiger partial charge is 0.330 e. The molecule has 1 rings (SSSR count). The van der Waals surface area contributed by atoms with E-state index in [0.717, 1.165) is 5.56 Å². The molecular formula is C8H12ClN3. The molecule has 0 amide bonds. The van der Waals surface area contributed by atoms with Crippen molar-refractivity contribution in [1.29, 1.82) is 0 Å². The molecule has 2 N–H and O–H groups in total. The van der Waals surface area contributed by atoms with Gasteiger partial charge in [-0.1, -0.05) is 13.8 Å². The van der Waals surface area contributed by atoms with Crippen LogP contribution in [0.25, 0.3) is 0 Å². The van der Waals surface area contributed by atoms with E-state index in [0.29, 0.717) is 6.54 Å². The number of hydrogen-bond donors (Lipinski definition) is 1. The molecule has 0 aliphatic rings. The second kappa shape index (κ2) is 3.37. The van der Waals surface area contributed by atoms with Gasteiger partial charge in [0, 0.05) is 24.4 Å². The summed E-state index contributed by atoms with van der Waals surface area (Å²) in [5.74, 6) is 0. The van der Waals surface area contributed by atoms with Crippen LogP contribution in [0.15, 0.2) is 12.4 Å². The lowest BCUT2D eigenvalue weighted by Crippen LogP contribution is -2.28. The summed E-state index contributed by atoms with van der Waals surface area (Å²) in [7, 11) is 0. The highest BCUT2D eigenvalue weighted by molar-refractivity contribution is 6.28. The summed E-state index contributed by atoms with van der Waals surface area (Å²) in [5, 5.41) is 0.270. The van der Waals surface area contributed by atoms with Gasteiger partial charge in [0.15, 0.2) is 0 Å². The first-order valence-electron chi connectivity index (χ1n) is 3.74. The van der Waals surface area contributed by atoms with Crippen LogP contribution in [0, 0.1) is 0 Å². The second-order valence-electron chi connectivity index (χ2n) is 3.33. The van der Waals surface area contributed by atoms with E-state index in [9.17, 15) is 0 Å². The van der Waals surface area contributed by atoms with Crippen LogP contribution in [0.3, 0.4) is 0 Å². The van der Waals surface area contributed by atoms with Crippen molar-refractivity contribution in [2.24, 2.45) is 5.73 Å². The number of hydrogen-bond acceptors (Lipinski definition) is 3. The minimum atomic E-state index is -0.0788. The molecule has 12 heavy (non-hydrogen) atoms. The van der Waals surface area contributed by atoms with E-state index in [-0.39, 0.29) is 10.7 Å². The lowest BCUT2D eigenvalue weighted by atomic mass is 9.87. The highest BCUT2D eigenvalue weighted by Crippen LogP contribution is 2.20. The number of nitrogens with two attached hydrogens (primary N) is 1. The number of aromatic nitrogens is 2. The Kier molecular flexibility index (Phi) is 2.65. The molecule has 0 aromatic carbocycles. The lowest BCUT2D eigenvalue weighted by molar-refractivity contribution is 0.534. The van der Waals surface area contributed by atoms with E-state index in [1.807, 2.05) is 13.8 Å². The van der Waals surface area contributed by atoms with Gasteiger partial charge in [0.1, 0.15) is 0 Å². The van der Waals surface area contributed by atoms with Crippen LogP contribution in [-0.2, 0) is 5.41 Å². The Morgan fingerprint density at radius 3 is 2.33 bits per heavy atom. The van der Waals surface area contributed by atoms with E-state index in [4.69, 9.17) is 17.3 Å². The summed E-state index contributed by atoms with van der Waals surface area (Å²) in [5.41, 5.74) is 6.52. The molecule has 0 bridgehead atoms. The molecule has 4 heteroatoms. The molecule has 3 nitrogen and oxygen atoms in total. The monoisotopic (exact) mass is 185 g/mol. The Morgan fingerprint density at radius 1 is 1.42 bits per heavy atom. The first kappa shape index (κ1) is 9.42. The zero-order valence-electron chi connectivity index (χ0n) is 7.21. The van der Waals surface area contributed by atoms with Crippen LogP contribution in [0.1, 0.15) is 19.4 Å². The Balaban J connectivity index is 2.96. The van der Waals surface area contributed by atoms with Crippen molar-refractivity contribution in [2.75, 3.05) is 6.54 Å². The van der Waals surface area contributed by atoms with Gasteiger partial charge in [0.25, 0.3) is 0 Å². The van der Waals surface area contributed by atoms with Crippen LogP contribution in [0.5, 0.6) is 0 Å². The average molecular weight is 186 g/mol. The molecule has 0 unspecified atom stereocenters. The SMILES string of the molecule is CC(C)(CN)c1cnc(Cl)nc1. The van der Waals surface area contributed by atoms with E-state index < -0.39 is 0 Å². The highest BCUT2D eigenvalue weighted by Gasteiger charge is 2.18. The zero-order chi connectivity index (χ0) is 9.19. The topological polar surface area (TPSA) is 51.8 Å². The smallest absolute Gasteiger partial charge is 0.222 e. The third kappa shape index (κ3) is 1.93. The Labute approximate surface area is 77.0 Å². The maximum absolute atomic E-state index is 5.59. The Morgan fingerprint density at radius 2 is 1.92 bits per heavy atom. The molecule has 1 aromatic heterocycles. The fraction of sp³-hybridized carbons (Fsp3) is 0.500. The van der Waals surface area contributed by atoms with Gasteiger partial charge in [-0.3, -0.25) is 0 Å². The van der Waals surface area contributed by atoms with Gasteiger partial charge in [-0.2, -0.15) is 0 Å². The summed E-state index contributed by atoms with van der Waals surface area (Å²) < 4.78 is 0. The maximum Gasteiger partial charge on any atom is 0.222 e. The quantitative estimate of drug-likeness (QED) is 0.708. The molecule has 0 fully saturated rings. The van der Waals surface area contributed by atoms with Crippen LogP contribution < -0.4 is 5.73 Å². The molecule has 0 saturated heterocycles. The van der Waals surface area contributed by atoms with Crippen molar-refractivity contribution in [3.8, 4) is 0 Å². The predicted octanol–water partition coefficient (Wildman–Crippen LogP) is 1.37. The molecule has 0 aliphatic heterocycles. The molecular weight excluding hydrogens is 174 g/mol. The molecule has 0 atom stereocenters. The highest BCUT2D eigenvalue weighted by atomic mass is 35.5. The van der Waals surface area contributed by atoms with Gasteiger partial charge in [-0.25, -0.2) is 9.97 Å². The summed E-state index contributed by atoms with van der Waals surface area (Å²) >= 11 is 5.55. The predicted molar refractivity (Wildman–Crippen MR) is 49.1 cm³/mol. The van der Waals surface area contributed by atoms with Crippen molar-refractivity contribution in [3.05, 3.63) is 23.2 Å². The number of nitrogens with zero attached hydrogens (tertiary/aromatic N) is 2. The van der Waals surface area contributed by atoms with Crippen LogP contribution in [0.4, 0.5) is 0 Å². The normalized spacial score (nSPS) is 11.7. The number of halogens is 1. The molecule has 0 radical (unpaired) electrons. The van der Waals surface area contributed by atoms with Gasteiger partial charge < -0.3 is 5.73 Å². The minimum absolute atomic E-state index is 0.0788. The fourth-order valence-corrected chi connectivity index (χ4v) is 0.877. The summed E-state index contributed by atoms with van der Waals surface area (Å²) in [6, 6.07) is 0. The van der Waals surface area contributed by atoms with Gasteiger partial charge in [-0.15, -0.1) is 0 Å². The van der Waals surface area contributed by atoms with Crippen molar-refractivity contribution in [1.82, 2.24) is 9.97 Å². The first-order valence-corrected chi connectivity index (χ1v) is 4.12. The van der Waals surface area contributed by atoms with Gasteiger partial charge in [0.05, 0.1) is 0 Å². The molecule has 0 aliphatic carbocycles. The molecule has 66 valence electrons. The average Bonchev–Trinajstić information content (AvgIpc) is 2.05. The Hall–Kier alpha value is -0.670. The second-order valence-corrected chi connectivity index (χ2v) is 3.67. The van der Waals surface area contributed by atoms with Crippen LogP contribution in [-0.4, -0.2) is 16.5 Å². The molecule has 0 saturated carbocycles. The fourth-order valence-electron chi connectivity index (χ4n) is 0.780. The van der Waals surface area contributed by atoms with Crippen LogP contribution in [0.2, 0.25) is 5.28 Å². The third-order valence-electron chi connectivity index (χ3n) is 1.91. The Bertz CT molecular complexity index is 256. The maximum atomic E-state index is 5.59. The molecule has 1 heterocycles. The van der Waals surface area contributed by atoms with E-state index >= 15 is 0 Å². The van der Waals surface area contributed by atoms with Gasteiger partial charge in [0.2, 0.25) is 5.28 Å². The van der Waals surface area contributed by atoms with E-state index in [1.54, 1.807) is 12.4 Å². The number of rotatable bonds is 2. The molecule has 1 aromatic rings. The molecule has 0 spiro atoms. The van der Waals surface area contributed by atoms with Crippen LogP contribution >= 0.6 is 11.6 Å². The van der Waals surface area contributed by atoms with Gasteiger partial charge >= 0.3 is 0 Å². The standard InChI is InChI=1S/C8H12ClN3/c1-8(2,5-10)6-3-11-7(9)12-4-6/h3-4H,5,10H2,1-2H3. The summed E-state index contributed by atoms with van der Waals surface area (Å²) in [4.78, 5) is 7.78. The first-order chi connectivity index (χ1) is 5.56. The van der Waals surface area contributed by atoms with Crippen molar-refractivity contribution in [2.45, 2.75) is 19.3 Å². The lowest BCUT2D eigenvalue weighted by Gasteiger charge is -2.21. The summed E-state index contributed by atoms with van der Waals surface area (Å²) in [6.07, 6.45) is 3.42. The van der Waals surface area contributed by atoms with Gasteiger partial charge in [-0.05, 0) is 17.2 Å². The zero-order valence-corrected chi connectivity index (χ0v) is 7.97.